The molecule has 3 aliphatic rings. The molecule has 8 heteroatoms. The van der Waals surface area contributed by atoms with Crippen LogP contribution in [0.2, 0.25) is 0 Å². The molecule has 0 atom stereocenters. The van der Waals surface area contributed by atoms with Gasteiger partial charge in [0.25, 0.3) is 5.91 Å². The Morgan fingerprint density at radius 2 is 1.53 bits per heavy atom. The highest BCUT2D eigenvalue weighted by atomic mass is 79.9. The van der Waals surface area contributed by atoms with Crippen LogP contribution in [0.4, 0.5) is 5.69 Å². The Morgan fingerprint density at radius 1 is 0.816 bits per heavy atom. The Hall–Kier alpha value is -3.36. The van der Waals surface area contributed by atoms with E-state index in [4.69, 9.17) is 4.74 Å². The molecule has 0 N–H and O–H groups in total. The lowest BCUT2D eigenvalue weighted by atomic mass is 9.85. The molecule has 0 aliphatic carbocycles. The number of rotatable bonds is 6. The number of carbonyl (C=O) groups is 2. The van der Waals surface area contributed by atoms with Gasteiger partial charge < -0.3 is 24.3 Å². The Morgan fingerprint density at radius 3 is 2.32 bits per heavy atom. The number of hydrogen-bond donors (Lipinski definition) is 0. The number of ether oxygens (including phenoxy) is 1. The van der Waals surface area contributed by atoms with Crippen LogP contribution in [-0.2, 0) is 11.3 Å². The third-order valence-electron chi connectivity index (χ3n) is 8.05. The minimum Gasteiger partial charge on any atom is -0.472 e. The third-order valence-corrected chi connectivity index (χ3v) is 8.82. The van der Waals surface area contributed by atoms with Crippen molar-refractivity contribution in [1.82, 2.24) is 14.7 Å². The monoisotopic (exact) mass is 574 g/mol. The summed E-state index contributed by atoms with van der Waals surface area (Å²) in [5.41, 5.74) is 2.26. The normalized spacial score (nSPS) is 19.1. The number of para-hydroxylation sites is 2. The summed E-state index contributed by atoms with van der Waals surface area (Å²) in [5, 5.41) is 0. The van der Waals surface area contributed by atoms with E-state index in [9.17, 15) is 9.59 Å². The zero-order valence-electron chi connectivity index (χ0n) is 21.3. The van der Waals surface area contributed by atoms with Gasteiger partial charge in [0.15, 0.2) is 6.73 Å². The molecule has 1 spiro atoms. The summed E-state index contributed by atoms with van der Waals surface area (Å²) >= 11 is 3.65. The third kappa shape index (κ3) is 4.56. The summed E-state index contributed by atoms with van der Waals surface area (Å²) in [6, 6.07) is 25.8. The van der Waals surface area contributed by atoms with E-state index < -0.39 is 5.54 Å². The lowest BCUT2D eigenvalue weighted by Crippen LogP contribution is -2.57. The maximum atomic E-state index is 14.0. The number of anilines is 1. The molecule has 0 bridgehead atoms. The molecular formula is C30H31BrN4O3. The molecule has 0 saturated carbocycles. The van der Waals surface area contributed by atoms with E-state index >= 15 is 0 Å². The second-order valence-corrected chi connectivity index (χ2v) is 11.1. The molecule has 3 heterocycles. The number of benzene rings is 3. The lowest BCUT2D eigenvalue weighted by molar-refractivity contribution is -0.134. The number of nitrogens with zero attached hydrogens (tertiary/aromatic N) is 4. The minimum atomic E-state index is -0.553. The fraction of sp³-hybridized carbons (Fsp3) is 0.333. The average Bonchev–Trinajstić information content (AvgIpc) is 3.21. The number of amides is 2. The van der Waals surface area contributed by atoms with Gasteiger partial charge in [-0.1, -0.05) is 64.5 Å². The highest BCUT2D eigenvalue weighted by Gasteiger charge is 2.53. The fourth-order valence-corrected chi connectivity index (χ4v) is 6.29. The summed E-state index contributed by atoms with van der Waals surface area (Å²) in [4.78, 5) is 35.4. The van der Waals surface area contributed by atoms with E-state index in [1.807, 2.05) is 65.6 Å². The first-order valence-electron chi connectivity index (χ1n) is 13.1. The Labute approximate surface area is 231 Å². The SMILES string of the molecule is O=C1c2ccccc2OCN1CCN1CCC2(CC1)C(=O)N(Cc1ccccc1Br)CN2c1ccccc1. The number of piperidine rings is 1. The van der Waals surface area contributed by atoms with Gasteiger partial charge in [0.1, 0.15) is 11.3 Å². The van der Waals surface area contributed by atoms with E-state index in [-0.39, 0.29) is 18.5 Å². The van der Waals surface area contributed by atoms with Crippen LogP contribution in [0.3, 0.4) is 0 Å². The zero-order chi connectivity index (χ0) is 26.1. The molecule has 3 aliphatic heterocycles. The standard InChI is InChI=1S/C30H31BrN4O3/c31-26-12-6-4-8-23(26)20-34-21-35(24-9-2-1-3-10-24)30(29(34)37)14-16-32(17-15-30)18-19-33-22-38-27-13-7-5-11-25(27)28(33)36/h1-13H,14-22H2. The highest BCUT2D eigenvalue weighted by Crippen LogP contribution is 2.40. The fourth-order valence-electron chi connectivity index (χ4n) is 5.88. The topological polar surface area (TPSA) is 56.3 Å². The lowest BCUT2D eigenvalue weighted by Gasteiger charge is -2.43. The first kappa shape index (κ1) is 24.9. The maximum absolute atomic E-state index is 14.0. The predicted molar refractivity (Wildman–Crippen MR) is 150 cm³/mol. The van der Waals surface area contributed by atoms with Crippen molar-refractivity contribution in [1.29, 1.82) is 0 Å². The van der Waals surface area contributed by atoms with Gasteiger partial charge in [-0.2, -0.15) is 0 Å². The van der Waals surface area contributed by atoms with Crippen LogP contribution in [0.25, 0.3) is 0 Å². The van der Waals surface area contributed by atoms with Crippen LogP contribution in [0.1, 0.15) is 28.8 Å². The smallest absolute Gasteiger partial charge is 0.260 e. The van der Waals surface area contributed by atoms with Crippen LogP contribution in [0.15, 0.2) is 83.3 Å². The van der Waals surface area contributed by atoms with Crippen molar-refractivity contribution in [2.75, 3.05) is 44.5 Å². The van der Waals surface area contributed by atoms with Crippen molar-refractivity contribution in [2.45, 2.75) is 24.9 Å². The number of hydrogen-bond acceptors (Lipinski definition) is 5. The van der Waals surface area contributed by atoms with E-state index in [1.54, 1.807) is 4.90 Å². The van der Waals surface area contributed by atoms with E-state index in [1.165, 1.54) is 0 Å². The highest BCUT2D eigenvalue weighted by molar-refractivity contribution is 9.10. The van der Waals surface area contributed by atoms with Crippen molar-refractivity contribution in [3.05, 3.63) is 94.5 Å². The van der Waals surface area contributed by atoms with Crippen molar-refractivity contribution < 1.29 is 14.3 Å². The molecule has 0 unspecified atom stereocenters. The van der Waals surface area contributed by atoms with Crippen LogP contribution in [0, 0.1) is 0 Å². The molecule has 0 aromatic heterocycles. The first-order chi connectivity index (χ1) is 18.5. The van der Waals surface area contributed by atoms with Gasteiger partial charge in [0.05, 0.1) is 12.2 Å². The van der Waals surface area contributed by atoms with Crippen molar-refractivity contribution >= 4 is 33.4 Å². The van der Waals surface area contributed by atoms with Crippen molar-refractivity contribution in [2.24, 2.45) is 0 Å². The van der Waals surface area contributed by atoms with Gasteiger partial charge in [-0.05, 0) is 48.7 Å². The van der Waals surface area contributed by atoms with Crippen LogP contribution in [0.5, 0.6) is 5.75 Å². The molecule has 0 radical (unpaired) electrons. The largest absolute Gasteiger partial charge is 0.472 e. The number of carbonyl (C=O) groups excluding carboxylic acids is 2. The van der Waals surface area contributed by atoms with E-state index in [0.29, 0.717) is 31.1 Å². The maximum Gasteiger partial charge on any atom is 0.260 e. The summed E-state index contributed by atoms with van der Waals surface area (Å²) in [6.07, 6.45) is 1.50. The first-order valence-corrected chi connectivity index (χ1v) is 13.9. The van der Waals surface area contributed by atoms with Crippen LogP contribution >= 0.6 is 15.9 Å². The second-order valence-electron chi connectivity index (χ2n) is 10.2. The molecule has 6 rings (SSSR count). The molecule has 38 heavy (non-hydrogen) atoms. The van der Waals surface area contributed by atoms with Gasteiger partial charge >= 0.3 is 0 Å². The van der Waals surface area contributed by atoms with Crippen LogP contribution < -0.4 is 9.64 Å². The molecule has 2 amide bonds. The van der Waals surface area contributed by atoms with Gasteiger partial charge in [-0.15, -0.1) is 0 Å². The Kier molecular flexibility index (Phi) is 6.84. The minimum absolute atomic E-state index is 0.0178. The second kappa shape index (κ2) is 10.4. The predicted octanol–water partition coefficient (Wildman–Crippen LogP) is 4.58. The molecule has 3 aromatic rings. The number of fused-ring (bicyclic) bond motifs is 1. The number of likely N-dealkylation sites (tertiary alicyclic amines) is 1. The van der Waals surface area contributed by atoms with Crippen molar-refractivity contribution in [3.63, 3.8) is 0 Å². The van der Waals surface area contributed by atoms with Gasteiger partial charge in [0.2, 0.25) is 5.91 Å². The Bertz CT molecular complexity index is 1330. The van der Waals surface area contributed by atoms with Crippen molar-refractivity contribution in [3.8, 4) is 5.75 Å². The molecule has 2 saturated heterocycles. The quantitative estimate of drug-likeness (QED) is 0.431. The summed E-state index contributed by atoms with van der Waals surface area (Å²) in [7, 11) is 0. The molecular weight excluding hydrogens is 544 g/mol. The van der Waals surface area contributed by atoms with E-state index in [0.717, 1.165) is 48.2 Å². The summed E-state index contributed by atoms with van der Waals surface area (Å²) in [5.74, 6) is 0.874. The molecule has 3 aromatic carbocycles. The number of halogens is 1. The van der Waals surface area contributed by atoms with Crippen LogP contribution in [-0.4, -0.2) is 71.6 Å². The van der Waals surface area contributed by atoms with Gasteiger partial charge in [0, 0.05) is 42.9 Å². The molecule has 7 nitrogen and oxygen atoms in total. The Balaban J connectivity index is 1.15. The zero-order valence-corrected chi connectivity index (χ0v) is 22.8. The van der Waals surface area contributed by atoms with Gasteiger partial charge in [-0.25, -0.2) is 0 Å². The summed E-state index contributed by atoms with van der Waals surface area (Å²) in [6.45, 7) is 4.39. The average molecular weight is 576 g/mol. The molecule has 196 valence electrons. The summed E-state index contributed by atoms with van der Waals surface area (Å²) < 4.78 is 6.82. The van der Waals surface area contributed by atoms with Gasteiger partial charge in [-0.3, -0.25) is 9.59 Å². The van der Waals surface area contributed by atoms with E-state index in [2.05, 4.69) is 43.9 Å². The molecule has 2 fully saturated rings.